The number of hydrogen-bond donors (Lipinski definition) is 0. The van der Waals surface area contributed by atoms with Gasteiger partial charge in [-0.1, -0.05) is 23.1 Å². The van der Waals surface area contributed by atoms with Crippen molar-refractivity contribution in [1.29, 1.82) is 0 Å². The SMILES string of the molecule is Fc1ccc(/C(=C\n2cncn2)OCCSc2nncs2)c(F)c1. The van der Waals surface area contributed by atoms with Gasteiger partial charge in [-0.25, -0.2) is 18.4 Å². The van der Waals surface area contributed by atoms with Crippen LogP contribution >= 0.6 is 23.1 Å². The molecule has 6 nitrogen and oxygen atoms in total. The quantitative estimate of drug-likeness (QED) is 0.363. The first-order valence-corrected chi connectivity index (χ1v) is 8.62. The fourth-order valence-corrected chi connectivity index (χ4v) is 3.16. The van der Waals surface area contributed by atoms with Gasteiger partial charge >= 0.3 is 0 Å². The number of halogens is 2. The molecule has 10 heteroatoms. The average molecular weight is 367 g/mol. The summed E-state index contributed by atoms with van der Waals surface area (Å²) in [6, 6.07) is 3.31. The smallest absolute Gasteiger partial charge is 0.174 e. The Morgan fingerprint density at radius 1 is 1.38 bits per heavy atom. The molecule has 2 heterocycles. The highest BCUT2D eigenvalue weighted by Crippen LogP contribution is 2.23. The number of aromatic nitrogens is 5. The summed E-state index contributed by atoms with van der Waals surface area (Å²) in [6.07, 6.45) is 4.28. The predicted octanol–water partition coefficient (Wildman–Crippen LogP) is 3.17. The third kappa shape index (κ3) is 4.36. The Kier molecular flexibility index (Phi) is 5.49. The molecule has 0 saturated carbocycles. The number of hydrogen-bond acceptors (Lipinski definition) is 7. The van der Waals surface area contributed by atoms with Gasteiger partial charge in [0, 0.05) is 11.8 Å². The molecule has 0 aliphatic rings. The number of ether oxygens (including phenoxy) is 1. The minimum absolute atomic E-state index is 0.146. The Balaban J connectivity index is 1.72. The largest absolute Gasteiger partial charge is 0.490 e. The van der Waals surface area contributed by atoms with E-state index in [2.05, 4.69) is 20.3 Å². The molecule has 3 aromatic rings. The maximum Gasteiger partial charge on any atom is 0.174 e. The van der Waals surface area contributed by atoms with Crippen LogP contribution in [0.2, 0.25) is 0 Å². The second-order valence-electron chi connectivity index (χ2n) is 4.39. The van der Waals surface area contributed by atoms with Crippen LogP contribution in [0.3, 0.4) is 0 Å². The van der Waals surface area contributed by atoms with E-state index in [-0.39, 0.29) is 11.3 Å². The maximum atomic E-state index is 14.0. The summed E-state index contributed by atoms with van der Waals surface area (Å²) in [6.45, 7) is 0.307. The lowest BCUT2D eigenvalue weighted by atomic mass is 10.2. The fourth-order valence-electron chi connectivity index (χ4n) is 1.78. The van der Waals surface area contributed by atoms with Crippen molar-refractivity contribution in [3.8, 4) is 0 Å². The van der Waals surface area contributed by atoms with Crippen LogP contribution in [0.25, 0.3) is 12.0 Å². The van der Waals surface area contributed by atoms with E-state index >= 15 is 0 Å². The molecule has 1 aromatic carbocycles. The molecule has 3 rings (SSSR count). The lowest BCUT2D eigenvalue weighted by Gasteiger charge is -2.11. The number of nitrogens with zero attached hydrogens (tertiary/aromatic N) is 5. The van der Waals surface area contributed by atoms with E-state index in [4.69, 9.17) is 4.74 Å². The van der Waals surface area contributed by atoms with Gasteiger partial charge in [-0.2, -0.15) is 5.10 Å². The molecule has 0 N–H and O–H groups in total. The van der Waals surface area contributed by atoms with E-state index in [0.717, 1.165) is 10.4 Å². The van der Waals surface area contributed by atoms with Crippen molar-refractivity contribution >= 4 is 35.1 Å². The predicted molar refractivity (Wildman–Crippen MR) is 87.1 cm³/mol. The van der Waals surface area contributed by atoms with Crippen LogP contribution in [0, 0.1) is 11.6 Å². The Labute approximate surface area is 144 Å². The molecule has 0 bridgehead atoms. The van der Waals surface area contributed by atoms with Crippen LogP contribution < -0.4 is 0 Å². The van der Waals surface area contributed by atoms with E-state index < -0.39 is 11.6 Å². The molecule has 24 heavy (non-hydrogen) atoms. The van der Waals surface area contributed by atoms with E-state index in [1.165, 1.54) is 58.8 Å². The summed E-state index contributed by atoms with van der Waals surface area (Å²) < 4.78 is 35.0. The molecule has 2 aromatic heterocycles. The highest BCUT2D eigenvalue weighted by Gasteiger charge is 2.11. The summed E-state index contributed by atoms with van der Waals surface area (Å²) in [4.78, 5) is 3.82. The second-order valence-corrected chi connectivity index (χ2v) is 6.57. The third-order valence-electron chi connectivity index (χ3n) is 2.79. The van der Waals surface area contributed by atoms with E-state index in [1.807, 2.05) is 0 Å². The molecule has 0 aliphatic heterocycles. The second kappa shape index (κ2) is 7.97. The first-order valence-electron chi connectivity index (χ1n) is 6.75. The molecule has 0 aliphatic carbocycles. The van der Waals surface area contributed by atoms with Crippen molar-refractivity contribution in [2.24, 2.45) is 0 Å². The van der Waals surface area contributed by atoms with E-state index in [0.29, 0.717) is 12.4 Å². The molecular formula is C14H11F2N5OS2. The van der Waals surface area contributed by atoms with Crippen LogP contribution in [0.5, 0.6) is 0 Å². The molecule has 0 spiro atoms. The fraction of sp³-hybridized carbons (Fsp3) is 0.143. The summed E-state index contributed by atoms with van der Waals surface area (Å²) in [5.74, 6) is -0.524. The van der Waals surface area contributed by atoms with Gasteiger partial charge < -0.3 is 4.74 Å². The average Bonchev–Trinajstić information content (AvgIpc) is 3.24. The van der Waals surface area contributed by atoms with Crippen molar-refractivity contribution in [3.05, 3.63) is 53.6 Å². The molecule has 0 radical (unpaired) electrons. The standard InChI is InChI=1S/C14H11F2N5OS2/c15-10-1-2-11(12(16)5-10)13(6-21-8-17-7-19-21)22-3-4-23-14-20-18-9-24-14/h1-2,5-9H,3-4H2/b13-6+. The zero-order chi connectivity index (χ0) is 16.8. The summed E-state index contributed by atoms with van der Waals surface area (Å²) >= 11 is 2.92. The van der Waals surface area contributed by atoms with Crippen molar-refractivity contribution < 1.29 is 13.5 Å². The van der Waals surface area contributed by atoms with Gasteiger partial charge in [-0.15, -0.1) is 10.2 Å². The lowest BCUT2D eigenvalue weighted by molar-refractivity contribution is 0.301. The monoisotopic (exact) mass is 367 g/mol. The zero-order valence-corrected chi connectivity index (χ0v) is 13.8. The lowest BCUT2D eigenvalue weighted by Crippen LogP contribution is -2.02. The highest BCUT2D eigenvalue weighted by atomic mass is 32.2. The van der Waals surface area contributed by atoms with Crippen LogP contribution in [0.4, 0.5) is 8.78 Å². The van der Waals surface area contributed by atoms with Gasteiger partial charge in [-0.3, -0.25) is 0 Å². The Bertz CT molecular complexity index is 809. The van der Waals surface area contributed by atoms with E-state index in [9.17, 15) is 8.78 Å². The first-order chi connectivity index (χ1) is 11.7. The van der Waals surface area contributed by atoms with Crippen molar-refractivity contribution in [3.63, 3.8) is 0 Å². The zero-order valence-electron chi connectivity index (χ0n) is 12.2. The van der Waals surface area contributed by atoms with Crippen LogP contribution in [-0.4, -0.2) is 37.3 Å². The third-order valence-corrected chi connectivity index (χ3v) is 4.61. The van der Waals surface area contributed by atoms with Gasteiger partial charge in [0.15, 0.2) is 4.34 Å². The van der Waals surface area contributed by atoms with Crippen molar-refractivity contribution in [2.45, 2.75) is 4.34 Å². The molecule has 124 valence electrons. The molecule has 0 amide bonds. The number of thioether (sulfide) groups is 1. The molecule has 0 saturated heterocycles. The number of rotatable bonds is 7. The van der Waals surface area contributed by atoms with Gasteiger partial charge in [0.1, 0.15) is 35.6 Å². The van der Waals surface area contributed by atoms with Gasteiger partial charge in [0.25, 0.3) is 0 Å². The summed E-state index contributed by atoms with van der Waals surface area (Å²) in [7, 11) is 0. The Morgan fingerprint density at radius 2 is 2.29 bits per heavy atom. The molecule has 0 atom stereocenters. The molecular weight excluding hydrogens is 356 g/mol. The summed E-state index contributed by atoms with van der Waals surface area (Å²) in [5.41, 5.74) is 1.79. The summed E-state index contributed by atoms with van der Waals surface area (Å²) in [5, 5.41) is 11.6. The van der Waals surface area contributed by atoms with Crippen molar-refractivity contribution in [2.75, 3.05) is 12.4 Å². The van der Waals surface area contributed by atoms with Gasteiger partial charge in [-0.05, 0) is 12.1 Å². The molecule has 0 unspecified atom stereocenters. The topological polar surface area (TPSA) is 65.7 Å². The highest BCUT2D eigenvalue weighted by molar-refractivity contribution is 8.01. The van der Waals surface area contributed by atoms with Gasteiger partial charge in [0.05, 0.1) is 18.4 Å². The Morgan fingerprint density at radius 3 is 3.00 bits per heavy atom. The van der Waals surface area contributed by atoms with Gasteiger partial charge in [0.2, 0.25) is 0 Å². The minimum Gasteiger partial charge on any atom is -0.490 e. The van der Waals surface area contributed by atoms with Crippen LogP contribution in [0.1, 0.15) is 5.56 Å². The normalized spacial score (nSPS) is 11.7. The maximum absolute atomic E-state index is 14.0. The molecule has 0 fully saturated rings. The first kappa shape index (κ1) is 16.5. The van der Waals surface area contributed by atoms with Crippen molar-refractivity contribution in [1.82, 2.24) is 25.0 Å². The number of benzene rings is 1. The van der Waals surface area contributed by atoms with Crippen LogP contribution in [0.15, 0.2) is 40.7 Å². The Hall–Kier alpha value is -2.33. The minimum atomic E-state index is -0.710. The van der Waals surface area contributed by atoms with Crippen LogP contribution in [-0.2, 0) is 4.74 Å². The van der Waals surface area contributed by atoms with E-state index in [1.54, 1.807) is 5.51 Å².